The molecule has 1 aromatic carbocycles. The van der Waals surface area contributed by atoms with Gasteiger partial charge in [-0.15, -0.1) is 0 Å². The molecule has 2 rings (SSSR count). The predicted molar refractivity (Wildman–Crippen MR) is 79.7 cm³/mol. The molecule has 6 heteroatoms. The highest BCUT2D eigenvalue weighted by Crippen LogP contribution is 2.44. The second-order valence-electron chi connectivity index (χ2n) is 5.54. The Balaban J connectivity index is 2.58. The van der Waals surface area contributed by atoms with Crippen molar-refractivity contribution in [1.82, 2.24) is 0 Å². The number of amides is 1. The maximum Gasteiger partial charge on any atom is 0.408 e. The maximum atomic E-state index is 13.7. The Hall–Kier alpha value is -1.67. The van der Waals surface area contributed by atoms with E-state index in [0.29, 0.717) is 0 Å². The molecule has 2 nitrogen and oxygen atoms in total. The van der Waals surface area contributed by atoms with Gasteiger partial charge in [0, 0.05) is 29.1 Å². The Morgan fingerprint density at radius 1 is 1.36 bits per heavy atom. The molecule has 118 valence electrons. The first-order chi connectivity index (χ1) is 10.1. The average Bonchev–Trinajstić information content (AvgIpc) is 3.20. The fraction of sp³-hybridized carbons (Fsp3) is 0.438. The first-order valence-corrected chi connectivity index (χ1v) is 7.18. The molecule has 1 N–H and O–H groups in total. The van der Waals surface area contributed by atoms with Crippen molar-refractivity contribution in [3.8, 4) is 11.8 Å². The zero-order chi connectivity index (χ0) is 16.5. The van der Waals surface area contributed by atoms with E-state index in [-0.39, 0.29) is 22.2 Å². The normalized spacial score (nSPS) is 17.2. The maximum absolute atomic E-state index is 13.7. The summed E-state index contributed by atoms with van der Waals surface area (Å²) in [5.41, 5.74) is -2.46. The molecule has 0 unspecified atom stereocenters. The lowest BCUT2D eigenvalue weighted by Crippen LogP contribution is -2.39. The minimum atomic E-state index is -4.59. The number of carbonyl (C=O) groups is 1. The summed E-state index contributed by atoms with van der Waals surface area (Å²) in [6.07, 6.45) is -2.93. The lowest BCUT2D eigenvalue weighted by molar-refractivity contribution is -0.167. The zero-order valence-corrected chi connectivity index (χ0v) is 12.9. The molecular formula is C16H15ClF3NO. The summed E-state index contributed by atoms with van der Waals surface area (Å²) in [4.78, 5) is 11.2. The largest absolute Gasteiger partial charge is 0.408 e. The molecule has 1 saturated carbocycles. The van der Waals surface area contributed by atoms with Gasteiger partial charge in [-0.05, 0) is 38.0 Å². The Morgan fingerprint density at radius 2 is 2.00 bits per heavy atom. The molecule has 0 aromatic heterocycles. The van der Waals surface area contributed by atoms with Crippen LogP contribution in [-0.4, -0.2) is 12.1 Å². The van der Waals surface area contributed by atoms with Crippen LogP contribution in [0.3, 0.4) is 0 Å². The summed E-state index contributed by atoms with van der Waals surface area (Å²) >= 11 is 5.86. The van der Waals surface area contributed by atoms with E-state index in [0.717, 1.165) is 19.8 Å². The summed E-state index contributed by atoms with van der Waals surface area (Å²) in [6, 6.07) is 4.01. The second kappa shape index (κ2) is 5.85. The van der Waals surface area contributed by atoms with E-state index >= 15 is 0 Å². The van der Waals surface area contributed by atoms with E-state index in [1.807, 2.05) is 0 Å². The molecule has 0 radical (unpaired) electrons. The number of nitrogens with one attached hydrogen (secondary N) is 1. The topological polar surface area (TPSA) is 29.1 Å². The van der Waals surface area contributed by atoms with Crippen molar-refractivity contribution in [1.29, 1.82) is 0 Å². The van der Waals surface area contributed by atoms with Crippen molar-refractivity contribution in [2.75, 3.05) is 5.32 Å². The highest BCUT2D eigenvalue weighted by molar-refractivity contribution is 6.30. The van der Waals surface area contributed by atoms with Crippen LogP contribution in [0.4, 0.5) is 18.9 Å². The zero-order valence-electron chi connectivity index (χ0n) is 12.1. The smallest absolute Gasteiger partial charge is 0.326 e. The van der Waals surface area contributed by atoms with Gasteiger partial charge in [0.05, 0.1) is 0 Å². The van der Waals surface area contributed by atoms with Gasteiger partial charge in [0.2, 0.25) is 5.91 Å². The molecule has 0 spiro atoms. The van der Waals surface area contributed by atoms with E-state index in [1.165, 1.54) is 25.1 Å². The molecule has 0 saturated heterocycles. The molecule has 0 aliphatic heterocycles. The number of anilines is 1. The van der Waals surface area contributed by atoms with E-state index in [9.17, 15) is 18.0 Å². The van der Waals surface area contributed by atoms with Gasteiger partial charge in [0.25, 0.3) is 0 Å². The molecule has 1 aliphatic carbocycles. The second-order valence-corrected chi connectivity index (χ2v) is 5.97. The van der Waals surface area contributed by atoms with E-state index in [2.05, 4.69) is 17.2 Å². The van der Waals surface area contributed by atoms with Gasteiger partial charge in [0.15, 0.2) is 5.41 Å². The summed E-state index contributed by atoms with van der Waals surface area (Å²) in [6.45, 7) is 2.25. The van der Waals surface area contributed by atoms with Crippen LogP contribution in [0.1, 0.15) is 32.3 Å². The first kappa shape index (κ1) is 16.7. The molecule has 1 atom stereocenters. The lowest BCUT2D eigenvalue weighted by Gasteiger charge is -2.29. The first-order valence-electron chi connectivity index (χ1n) is 6.80. The Labute approximate surface area is 132 Å². The molecule has 1 aliphatic rings. The summed E-state index contributed by atoms with van der Waals surface area (Å²) in [7, 11) is 0. The third-order valence-corrected chi connectivity index (χ3v) is 3.74. The average molecular weight is 330 g/mol. The SMILES string of the molecule is CC(=O)Nc1ccc(Cl)cc1[C@@](C)(C#CC1CC1)C(F)(F)F. The molecule has 1 amide bonds. The van der Waals surface area contributed by atoms with Crippen molar-refractivity contribution in [3.05, 3.63) is 28.8 Å². The quantitative estimate of drug-likeness (QED) is 0.793. The van der Waals surface area contributed by atoms with Crippen LogP contribution in [0.25, 0.3) is 0 Å². The summed E-state index contributed by atoms with van der Waals surface area (Å²) in [5.74, 6) is 4.62. The van der Waals surface area contributed by atoms with Crippen LogP contribution >= 0.6 is 11.6 Å². The van der Waals surface area contributed by atoms with E-state index < -0.39 is 17.5 Å². The number of hydrogen-bond acceptors (Lipinski definition) is 1. The van der Waals surface area contributed by atoms with Crippen LogP contribution in [0.5, 0.6) is 0 Å². The molecule has 0 bridgehead atoms. The molecule has 22 heavy (non-hydrogen) atoms. The fourth-order valence-corrected chi connectivity index (χ4v) is 2.17. The summed E-state index contributed by atoms with van der Waals surface area (Å²) < 4.78 is 41.0. The predicted octanol–water partition coefficient (Wildman–Crippen LogP) is 4.53. The van der Waals surface area contributed by atoms with Crippen molar-refractivity contribution in [3.63, 3.8) is 0 Å². The number of benzene rings is 1. The standard InChI is InChI=1S/C16H15ClF3NO/c1-10(22)21-14-6-5-12(17)9-13(14)15(2,16(18,19)20)8-7-11-3-4-11/h5-6,9,11H,3-4H2,1-2H3,(H,21,22)/t15-/m1/s1. The van der Waals surface area contributed by atoms with Crippen molar-refractivity contribution < 1.29 is 18.0 Å². The van der Waals surface area contributed by atoms with Crippen LogP contribution in [0.2, 0.25) is 5.02 Å². The van der Waals surface area contributed by atoms with Gasteiger partial charge >= 0.3 is 6.18 Å². The van der Waals surface area contributed by atoms with Crippen molar-refractivity contribution in [2.45, 2.75) is 38.3 Å². The Bertz CT molecular complexity index is 656. The lowest BCUT2D eigenvalue weighted by atomic mass is 9.81. The number of hydrogen-bond donors (Lipinski definition) is 1. The van der Waals surface area contributed by atoms with Crippen molar-refractivity contribution in [2.24, 2.45) is 5.92 Å². The van der Waals surface area contributed by atoms with Crippen LogP contribution in [0.15, 0.2) is 18.2 Å². The molecule has 0 heterocycles. The van der Waals surface area contributed by atoms with Gasteiger partial charge in [0.1, 0.15) is 0 Å². The van der Waals surface area contributed by atoms with E-state index in [1.54, 1.807) is 0 Å². The molecular weight excluding hydrogens is 315 g/mol. The van der Waals surface area contributed by atoms with E-state index in [4.69, 9.17) is 11.6 Å². The number of halogens is 4. The van der Waals surface area contributed by atoms with Gasteiger partial charge in [-0.2, -0.15) is 13.2 Å². The fourth-order valence-electron chi connectivity index (χ4n) is 1.99. The molecule has 1 fully saturated rings. The van der Waals surface area contributed by atoms with Gasteiger partial charge in [-0.3, -0.25) is 4.79 Å². The Morgan fingerprint density at radius 3 is 2.50 bits per heavy atom. The van der Waals surface area contributed by atoms with Crippen molar-refractivity contribution >= 4 is 23.2 Å². The number of rotatable bonds is 2. The third-order valence-electron chi connectivity index (χ3n) is 3.50. The van der Waals surface area contributed by atoms with Gasteiger partial charge in [-0.1, -0.05) is 23.4 Å². The van der Waals surface area contributed by atoms with Crippen LogP contribution in [0, 0.1) is 17.8 Å². The van der Waals surface area contributed by atoms with Gasteiger partial charge in [-0.25, -0.2) is 0 Å². The summed E-state index contributed by atoms with van der Waals surface area (Å²) in [5, 5.41) is 2.58. The molecule has 1 aromatic rings. The number of carbonyl (C=O) groups excluding carboxylic acids is 1. The minimum absolute atomic E-state index is 0.0325. The number of alkyl halides is 3. The Kier molecular flexibility index (Phi) is 4.44. The minimum Gasteiger partial charge on any atom is -0.326 e. The van der Waals surface area contributed by atoms with Crippen LogP contribution < -0.4 is 5.32 Å². The highest BCUT2D eigenvalue weighted by Gasteiger charge is 2.52. The third kappa shape index (κ3) is 3.56. The van der Waals surface area contributed by atoms with Gasteiger partial charge < -0.3 is 5.32 Å². The highest BCUT2D eigenvalue weighted by atomic mass is 35.5. The monoisotopic (exact) mass is 329 g/mol. The van der Waals surface area contributed by atoms with Crippen LogP contribution in [-0.2, 0) is 10.2 Å².